The third kappa shape index (κ3) is 5.51. The highest BCUT2D eigenvalue weighted by atomic mass is 32.2. The van der Waals surface area contributed by atoms with Crippen molar-refractivity contribution in [3.05, 3.63) is 11.7 Å². The van der Waals surface area contributed by atoms with E-state index < -0.39 is 0 Å². The Labute approximate surface area is 102 Å². The molecule has 0 amide bonds. The van der Waals surface area contributed by atoms with Crippen molar-refractivity contribution in [2.45, 2.75) is 32.9 Å². The Bertz CT molecular complexity index is 289. The molecule has 92 valence electrons. The van der Waals surface area contributed by atoms with Crippen LogP contribution in [0.25, 0.3) is 0 Å². The van der Waals surface area contributed by atoms with Crippen LogP contribution in [0.4, 0.5) is 0 Å². The highest BCUT2D eigenvalue weighted by molar-refractivity contribution is 7.98. The van der Waals surface area contributed by atoms with Crippen LogP contribution in [-0.2, 0) is 12.2 Å². The van der Waals surface area contributed by atoms with Crippen molar-refractivity contribution in [3.8, 4) is 0 Å². The summed E-state index contributed by atoms with van der Waals surface area (Å²) < 4.78 is 5.15. The third-order valence-electron chi connectivity index (χ3n) is 1.96. The monoisotopic (exact) mass is 243 g/mol. The molecule has 0 aliphatic rings. The summed E-state index contributed by atoms with van der Waals surface area (Å²) in [6, 6.07) is 0. The van der Waals surface area contributed by atoms with Crippen LogP contribution in [0.3, 0.4) is 0 Å². The lowest BCUT2D eigenvalue weighted by atomic mass is 10.3. The van der Waals surface area contributed by atoms with E-state index in [1.807, 2.05) is 11.8 Å². The molecular weight excluding hydrogens is 222 g/mol. The van der Waals surface area contributed by atoms with Crippen LogP contribution in [-0.4, -0.2) is 29.0 Å². The molecule has 16 heavy (non-hydrogen) atoms. The molecule has 4 nitrogen and oxygen atoms in total. The minimum atomic E-state index is 0.713. The number of nitrogens with one attached hydrogen (secondary N) is 1. The molecule has 0 aromatic carbocycles. The van der Waals surface area contributed by atoms with Gasteiger partial charge in [-0.25, -0.2) is 0 Å². The van der Waals surface area contributed by atoms with Gasteiger partial charge in [-0.15, -0.1) is 0 Å². The van der Waals surface area contributed by atoms with Crippen LogP contribution in [0.5, 0.6) is 0 Å². The van der Waals surface area contributed by atoms with Crippen LogP contribution in [0.2, 0.25) is 0 Å². The molecule has 0 aliphatic carbocycles. The number of hydrogen-bond acceptors (Lipinski definition) is 5. The molecule has 1 aromatic heterocycles. The van der Waals surface area contributed by atoms with Gasteiger partial charge in [0, 0.05) is 13.0 Å². The molecule has 0 atom stereocenters. The Balaban J connectivity index is 2.22. The van der Waals surface area contributed by atoms with Crippen molar-refractivity contribution >= 4 is 11.8 Å². The first-order chi connectivity index (χ1) is 7.72. The van der Waals surface area contributed by atoms with Gasteiger partial charge in [-0.05, 0) is 18.2 Å². The van der Waals surface area contributed by atoms with E-state index in [0.29, 0.717) is 5.92 Å². The SMILES string of the molecule is CCNCCc1nc(CSCC(C)C)no1. The van der Waals surface area contributed by atoms with Gasteiger partial charge in [0.1, 0.15) is 0 Å². The molecule has 1 rings (SSSR count). The first-order valence-electron chi connectivity index (χ1n) is 5.82. The Kier molecular flexibility index (Phi) is 6.49. The van der Waals surface area contributed by atoms with Gasteiger partial charge in [0.25, 0.3) is 0 Å². The van der Waals surface area contributed by atoms with E-state index in [4.69, 9.17) is 4.52 Å². The lowest BCUT2D eigenvalue weighted by Crippen LogP contribution is -2.16. The molecule has 1 aromatic rings. The van der Waals surface area contributed by atoms with E-state index >= 15 is 0 Å². The largest absolute Gasteiger partial charge is 0.339 e. The average molecular weight is 243 g/mol. The molecule has 0 radical (unpaired) electrons. The van der Waals surface area contributed by atoms with E-state index in [1.165, 1.54) is 0 Å². The average Bonchev–Trinajstić information content (AvgIpc) is 2.66. The minimum absolute atomic E-state index is 0.713. The minimum Gasteiger partial charge on any atom is -0.339 e. The van der Waals surface area contributed by atoms with Crippen LogP contribution in [0.15, 0.2) is 4.52 Å². The van der Waals surface area contributed by atoms with Crippen molar-refractivity contribution in [3.63, 3.8) is 0 Å². The van der Waals surface area contributed by atoms with Gasteiger partial charge in [-0.1, -0.05) is 25.9 Å². The van der Waals surface area contributed by atoms with E-state index in [9.17, 15) is 0 Å². The van der Waals surface area contributed by atoms with Crippen molar-refractivity contribution in [1.82, 2.24) is 15.5 Å². The summed E-state index contributed by atoms with van der Waals surface area (Å²) in [6.45, 7) is 8.39. The predicted octanol–water partition coefficient (Wildman–Crippen LogP) is 2.11. The summed E-state index contributed by atoms with van der Waals surface area (Å²) in [5, 5.41) is 7.19. The summed E-state index contributed by atoms with van der Waals surface area (Å²) in [6.07, 6.45) is 0.815. The number of thioether (sulfide) groups is 1. The Morgan fingerprint density at radius 1 is 1.44 bits per heavy atom. The van der Waals surface area contributed by atoms with Gasteiger partial charge >= 0.3 is 0 Å². The maximum Gasteiger partial charge on any atom is 0.227 e. The van der Waals surface area contributed by atoms with E-state index in [0.717, 1.165) is 42.7 Å². The van der Waals surface area contributed by atoms with Crippen molar-refractivity contribution in [2.24, 2.45) is 5.92 Å². The quantitative estimate of drug-likeness (QED) is 0.709. The fourth-order valence-electron chi connectivity index (χ4n) is 1.21. The van der Waals surface area contributed by atoms with Crippen molar-refractivity contribution in [2.75, 3.05) is 18.8 Å². The van der Waals surface area contributed by atoms with Crippen LogP contribution in [0, 0.1) is 5.92 Å². The molecule has 1 heterocycles. The zero-order valence-corrected chi connectivity index (χ0v) is 11.1. The lowest BCUT2D eigenvalue weighted by Gasteiger charge is -2.00. The zero-order valence-electron chi connectivity index (χ0n) is 10.3. The van der Waals surface area contributed by atoms with Gasteiger partial charge in [-0.2, -0.15) is 16.7 Å². The number of hydrogen-bond donors (Lipinski definition) is 1. The smallest absolute Gasteiger partial charge is 0.227 e. The van der Waals surface area contributed by atoms with Crippen LogP contribution >= 0.6 is 11.8 Å². The molecule has 0 saturated heterocycles. The van der Waals surface area contributed by atoms with Gasteiger partial charge in [0.05, 0.1) is 5.75 Å². The summed E-state index contributed by atoms with van der Waals surface area (Å²) in [5.74, 6) is 4.26. The number of likely N-dealkylation sites (N-methyl/N-ethyl adjacent to an activating group) is 1. The predicted molar refractivity (Wildman–Crippen MR) is 67.5 cm³/mol. The number of nitrogens with zero attached hydrogens (tertiary/aromatic N) is 2. The fourth-order valence-corrected chi connectivity index (χ4v) is 2.10. The second kappa shape index (κ2) is 7.68. The topological polar surface area (TPSA) is 51.0 Å². The van der Waals surface area contributed by atoms with E-state index in [-0.39, 0.29) is 0 Å². The van der Waals surface area contributed by atoms with Crippen LogP contribution in [0.1, 0.15) is 32.5 Å². The first kappa shape index (κ1) is 13.5. The third-order valence-corrected chi connectivity index (χ3v) is 3.32. The molecule has 0 aliphatic heterocycles. The van der Waals surface area contributed by atoms with Gasteiger partial charge < -0.3 is 9.84 Å². The second-order valence-corrected chi connectivity index (χ2v) is 5.15. The molecule has 0 spiro atoms. The lowest BCUT2D eigenvalue weighted by molar-refractivity contribution is 0.372. The highest BCUT2D eigenvalue weighted by Crippen LogP contribution is 2.13. The Morgan fingerprint density at radius 2 is 2.25 bits per heavy atom. The zero-order chi connectivity index (χ0) is 11.8. The molecule has 5 heteroatoms. The van der Waals surface area contributed by atoms with Gasteiger partial charge in [-0.3, -0.25) is 0 Å². The normalized spacial score (nSPS) is 11.2. The summed E-state index contributed by atoms with van der Waals surface area (Å²) in [7, 11) is 0. The van der Waals surface area contributed by atoms with Crippen LogP contribution < -0.4 is 5.32 Å². The van der Waals surface area contributed by atoms with E-state index in [2.05, 4.69) is 36.2 Å². The van der Waals surface area contributed by atoms with Gasteiger partial charge in [0.15, 0.2) is 5.82 Å². The molecule has 1 N–H and O–H groups in total. The van der Waals surface area contributed by atoms with Gasteiger partial charge in [0.2, 0.25) is 5.89 Å². The molecule has 0 fully saturated rings. The molecule has 0 unspecified atom stereocenters. The maximum atomic E-state index is 5.15. The van der Waals surface area contributed by atoms with E-state index in [1.54, 1.807) is 0 Å². The molecule has 0 saturated carbocycles. The van der Waals surface area contributed by atoms with Crippen molar-refractivity contribution < 1.29 is 4.52 Å². The Hall–Kier alpha value is -0.550. The number of aromatic nitrogens is 2. The molecule has 0 bridgehead atoms. The number of rotatable bonds is 8. The summed E-state index contributed by atoms with van der Waals surface area (Å²) in [5.41, 5.74) is 0. The highest BCUT2D eigenvalue weighted by Gasteiger charge is 2.06. The standard InChI is InChI=1S/C11H21N3OS/c1-4-12-6-5-11-13-10(14-15-11)8-16-7-9(2)3/h9,12H,4-8H2,1-3H3. The fraction of sp³-hybridized carbons (Fsp3) is 0.818. The molecular formula is C11H21N3OS. The summed E-state index contributed by atoms with van der Waals surface area (Å²) >= 11 is 1.86. The Morgan fingerprint density at radius 3 is 2.94 bits per heavy atom. The maximum absolute atomic E-state index is 5.15. The first-order valence-corrected chi connectivity index (χ1v) is 6.97. The second-order valence-electron chi connectivity index (χ2n) is 4.12. The van der Waals surface area contributed by atoms with Crippen molar-refractivity contribution in [1.29, 1.82) is 0 Å². The summed E-state index contributed by atoms with van der Waals surface area (Å²) in [4.78, 5) is 4.34.